The van der Waals surface area contributed by atoms with Crippen molar-refractivity contribution in [1.82, 2.24) is 4.90 Å². The topological polar surface area (TPSA) is 49.8 Å². The van der Waals surface area contributed by atoms with Gasteiger partial charge in [-0.15, -0.1) is 0 Å². The minimum absolute atomic E-state index is 0.309. The number of rotatable bonds is 2. The summed E-state index contributed by atoms with van der Waals surface area (Å²) in [6.45, 7) is 7.55. The fourth-order valence-electron chi connectivity index (χ4n) is 4.30. The third-order valence-electron chi connectivity index (χ3n) is 5.43. The minimum atomic E-state index is -0.926. The Kier molecular flexibility index (Phi) is 3.91. The van der Waals surface area contributed by atoms with Crippen LogP contribution in [0.1, 0.15) is 65.0 Å². The fraction of sp³-hybridized carbons (Fsp3) is 0.632. The van der Waals surface area contributed by atoms with Crippen LogP contribution in [0.3, 0.4) is 0 Å². The lowest BCUT2D eigenvalue weighted by Gasteiger charge is -2.41. The van der Waals surface area contributed by atoms with Crippen LogP contribution in [0.25, 0.3) is 0 Å². The van der Waals surface area contributed by atoms with Gasteiger partial charge >= 0.3 is 6.09 Å². The Bertz CT molecular complexity index is 644. The van der Waals surface area contributed by atoms with Crippen LogP contribution >= 0.6 is 0 Å². The van der Waals surface area contributed by atoms with Crippen LogP contribution in [0.4, 0.5) is 9.18 Å². The van der Waals surface area contributed by atoms with E-state index in [2.05, 4.69) is 0 Å². The molecule has 132 valence electrons. The van der Waals surface area contributed by atoms with Gasteiger partial charge in [-0.25, -0.2) is 9.18 Å². The van der Waals surface area contributed by atoms with Gasteiger partial charge in [0.1, 0.15) is 17.5 Å². The molecule has 1 amide bonds. The van der Waals surface area contributed by atoms with Crippen molar-refractivity contribution in [2.24, 2.45) is 0 Å². The van der Waals surface area contributed by atoms with Crippen LogP contribution in [-0.4, -0.2) is 32.8 Å². The summed E-state index contributed by atoms with van der Waals surface area (Å²) in [6.07, 6.45) is 1.71. The number of hydrogen-bond acceptors (Lipinski definition) is 3. The summed E-state index contributed by atoms with van der Waals surface area (Å²) in [5.74, 6) is -0.384. The van der Waals surface area contributed by atoms with Gasteiger partial charge < -0.3 is 9.84 Å². The molecule has 2 aliphatic rings. The summed E-state index contributed by atoms with van der Waals surface area (Å²) in [7, 11) is 0. The molecule has 4 nitrogen and oxygen atoms in total. The van der Waals surface area contributed by atoms with Crippen molar-refractivity contribution in [2.75, 3.05) is 0 Å². The van der Waals surface area contributed by atoms with Crippen LogP contribution < -0.4 is 0 Å². The maximum Gasteiger partial charge on any atom is 0.411 e. The van der Waals surface area contributed by atoms with E-state index in [1.165, 1.54) is 12.1 Å². The third-order valence-corrected chi connectivity index (χ3v) is 5.43. The molecule has 0 aromatic heterocycles. The highest BCUT2D eigenvalue weighted by atomic mass is 19.1. The first kappa shape index (κ1) is 17.2. The smallest absolute Gasteiger partial charge is 0.411 e. The number of halogens is 1. The van der Waals surface area contributed by atoms with Gasteiger partial charge in [0.25, 0.3) is 0 Å². The Morgan fingerprint density at radius 1 is 1.29 bits per heavy atom. The molecule has 5 heteroatoms. The molecule has 2 saturated heterocycles. The highest BCUT2D eigenvalue weighted by Gasteiger charge is 2.64. The minimum Gasteiger partial charge on any atom is -0.444 e. The predicted octanol–water partition coefficient (Wildman–Crippen LogP) is 4.18. The lowest BCUT2D eigenvalue weighted by molar-refractivity contribution is -0.0364. The average Bonchev–Trinajstić information content (AvgIpc) is 2.94. The van der Waals surface area contributed by atoms with E-state index in [1.54, 1.807) is 17.0 Å². The molecule has 0 aliphatic carbocycles. The van der Waals surface area contributed by atoms with E-state index < -0.39 is 23.3 Å². The quantitative estimate of drug-likeness (QED) is 0.882. The van der Waals surface area contributed by atoms with Gasteiger partial charge in [0.05, 0.1) is 5.54 Å². The molecule has 0 radical (unpaired) electrons. The van der Waals surface area contributed by atoms with E-state index in [1.807, 2.05) is 27.7 Å². The summed E-state index contributed by atoms with van der Waals surface area (Å²) in [6, 6.07) is 6.00. The van der Waals surface area contributed by atoms with Gasteiger partial charge in [-0.1, -0.05) is 12.1 Å². The summed E-state index contributed by atoms with van der Waals surface area (Å²) < 4.78 is 19.2. The Hall–Kier alpha value is -1.62. The zero-order valence-electron chi connectivity index (χ0n) is 14.8. The lowest BCUT2D eigenvalue weighted by Crippen LogP contribution is -2.53. The van der Waals surface area contributed by atoms with Gasteiger partial charge in [0.2, 0.25) is 0 Å². The van der Waals surface area contributed by atoms with Crippen molar-refractivity contribution in [3.05, 3.63) is 35.6 Å². The Morgan fingerprint density at radius 3 is 2.46 bits per heavy atom. The van der Waals surface area contributed by atoms with Gasteiger partial charge in [-0.3, -0.25) is 4.90 Å². The maximum absolute atomic E-state index is 13.6. The fourth-order valence-corrected chi connectivity index (χ4v) is 4.30. The molecule has 1 atom stereocenters. The molecular weight excluding hydrogens is 309 g/mol. The second-order valence-electron chi connectivity index (χ2n) is 8.37. The van der Waals surface area contributed by atoms with Crippen molar-refractivity contribution < 1.29 is 19.0 Å². The standard InChI is InChI=1S/C19H26FNO3/c1-17(2,3)24-16(23)21-18(4)8-10-19(21,11-9-18)15(22)13-6-5-7-14(20)12-13/h5-7,12,15,22H,8-11H2,1-4H3. The van der Waals surface area contributed by atoms with Crippen LogP contribution in [0.2, 0.25) is 0 Å². The van der Waals surface area contributed by atoms with Crippen molar-refractivity contribution in [2.45, 2.75) is 76.2 Å². The lowest BCUT2D eigenvalue weighted by atomic mass is 9.78. The molecule has 0 spiro atoms. The van der Waals surface area contributed by atoms with Gasteiger partial charge in [-0.05, 0) is 71.1 Å². The third kappa shape index (κ3) is 2.69. The normalized spacial score (nSPS) is 30.5. The largest absolute Gasteiger partial charge is 0.444 e. The van der Waals surface area contributed by atoms with Crippen LogP contribution in [-0.2, 0) is 4.74 Å². The molecule has 1 aromatic carbocycles. The molecule has 1 aromatic rings. The number of ether oxygens (including phenoxy) is 1. The molecule has 24 heavy (non-hydrogen) atoms. The number of carbonyl (C=O) groups excluding carboxylic acids is 1. The average molecular weight is 335 g/mol. The SMILES string of the molecule is CC(C)(C)OC(=O)N1C2(C)CCC1(C(O)c1cccc(F)c1)CC2. The molecule has 2 heterocycles. The molecule has 1 unspecified atom stereocenters. The summed E-state index contributed by atoms with van der Waals surface area (Å²) in [5, 5.41) is 11.0. The summed E-state index contributed by atoms with van der Waals surface area (Å²) >= 11 is 0. The molecule has 2 aliphatic heterocycles. The number of aliphatic hydroxyl groups excluding tert-OH is 1. The van der Waals surface area contributed by atoms with E-state index in [-0.39, 0.29) is 11.4 Å². The first-order valence-corrected chi connectivity index (χ1v) is 8.54. The van der Waals surface area contributed by atoms with Gasteiger partial charge in [0, 0.05) is 5.54 Å². The monoisotopic (exact) mass is 335 g/mol. The van der Waals surface area contributed by atoms with Crippen LogP contribution in [0.5, 0.6) is 0 Å². The second-order valence-corrected chi connectivity index (χ2v) is 8.37. The van der Waals surface area contributed by atoms with E-state index in [0.29, 0.717) is 18.4 Å². The molecule has 2 bridgehead atoms. The zero-order chi connectivity index (χ0) is 17.8. The van der Waals surface area contributed by atoms with E-state index in [4.69, 9.17) is 4.74 Å². The number of carbonyl (C=O) groups is 1. The van der Waals surface area contributed by atoms with Crippen molar-refractivity contribution >= 4 is 6.09 Å². The number of hydrogen-bond donors (Lipinski definition) is 1. The molecule has 1 N–H and O–H groups in total. The highest BCUT2D eigenvalue weighted by molar-refractivity contribution is 5.72. The molecule has 2 fully saturated rings. The van der Waals surface area contributed by atoms with E-state index in [0.717, 1.165) is 12.8 Å². The van der Waals surface area contributed by atoms with Crippen LogP contribution in [0.15, 0.2) is 24.3 Å². The van der Waals surface area contributed by atoms with E-state index in [9.17, 15) is 14.3 Å². The molecular formula is C19H26FNO3. The second kappa shape index (κ2) is 5.45. The Morgan fingerprint density at radius 2 is 1.92 bits per heavy atom. The summed E-state index contributed by atoms with van der Waals surface area (Å²) in [5.41, 5.74) is -1.11. The number of nitrogens with zero attached hydrogens (tertiary/aromatic N) is 1. The molecule has 0 saturated carbocycles. The molecule has 3 rings (SSSR count). The predicted molar refractivity (Wildman–Crippen MR) is 89.0 cm³/mol. The number of benzene rings is 1. The van der Waals surface area contributed by atoms with Crippen molar-refractivity contribution in [1.29, 1.82) is 0 Å². The first-order valence-electron chi connectivity index (χ1n) is 8.54. The number of amides is 1. The zero-order valence-corrected chi connectivity index (χ0v) is 14.8. The van der Waals surface area contributed by atoms with Gasteiger partial charge in [-0.2, -0.15) is 0 Å². The van der Waals surface area contributed by atoms with Gasteiger partial charge in [0.15, 0.2) is 0 Å². The first-order chi connectivity index (χ1) is 11.1. The van der Waals surface area contributed by atoms with Crippen molar-refractivity contribution in [3.8, 4) is 0 Å². The number of aliphatic hydroxyl groups is 1. The van der Waals surface area contributed by atoms with Crippen molar-refractivity contribution in [3.63, 3.8) is 0 Å². The summed E-state index contributed by atoms with van der Waals surface area (Å²) in [4.78, 5) is 14.6. The highest BCUT2D eigenvalue weighted by Crippen LogP contribution is 2.58. The number of fused-ring (bicyclic) bond motifs is 2. The maximum atomic E-state index is 13.6. The van der Waals surface area contributed by atoms with E-state index >= 15 is 0 Å². The Balaban J connectivity index is 1.96. The Labute approximate surface area is 142 Å². The van der Waals surface area contributed by atoms with Crippen LogP contribution in [0, 0.1) is 5.82 Å².